The predicted molar refractivity (Wildman–Crippen MR) is 53.9 cm³/mol. The Kier molecular flexibility index (Phi) is 5.21. The average molecular weight is 251 g/mol. The van der Waals surface area contributed by atoms with Gasteiger partial charge >= 0.3 is 5.97 Å². The highest BCUT2D eigenvalue weighted by atomic mass is 79.9. The summed E-state index contributed by atoms with van der Waals surface area (Å²) in [6, 6.07) is 0. The molecule has 0 bridgehead atoms. The summed E-state index contributed by atoms with van der Waals surface area (Å²) in [5, 5.41) is 0. The summed E-state index contributed by atoms with van der Waals surface area (Å²) in [6.45, 7) is 5.44. The standard InChI is InChI=1S/C9H15BrO3/c1-9(2,3)13-8(12)6-7(10)4-5-11/h5,7H,4,6H2,1-3H3. The van der Waals surface area contributed by atoms with Gasteiger partial charge < -0.3 is 9.53 Å². The third kappa shape index (κ3) is 7.96. The maximum Gasteiger partial charge on any atom is 0.307 e. The number of aldehydes is 1. The summed E-state index contributed by atoms with van der Waals surface area (Å²) in [6.07, 6.45) is 1.35. The van der Waals surface area contributed by atoms with E-state index < -0.39 is 5.60 Å². The zero-order valence-electron chi connectivity index (χ0n) is 8.17. The van der Waals surface area contributed by atoms with E-state index >= 15 is 0 Å². The van der Waals surface area contributed by atoms with Gasteiger partial charge in [0.2, 0.25) is 0 Å². The quantitative estimate of drug-likeness (QED) is 0.436. The minimum absolute atomic E-state index is 0.111. The van der Waals surface area contributed by atoms with Gasteiger partial charge in [-0.15, -0.1) is 0 Å². The molecule has 1 atom stereocenters. The fourth-order valence-corrected chi connectivity index (χ4v) is 1.17. The first-order valence-corrected chi connectivity index (χ1v) is 5.06. The molecule has 0 N–H and O–H groups in total. The van der Waals surface area contributed by atoms with Crippen molar-refractivity contribution < 1.29 is 14.3 Å². The normalized spacial score (nSPS) is 13.5. The topological polar surface area (TPSA) is 43.4 Å². The number of alkyl halides is 1. The molecule has 13 heavy (non-hydrogen) atoms. The first-order chi connectivity index (χ1) is 5.85. The van der Waals surface area contributed by atoms with Gasteiger partial charge in [-0.2, -0.15) is 0 Å². The Bertz CT molecular complexity index is 184. The lowest BCUT2D eigenvalue weighted by atomic mass is 10.2. The molecule has 0 aliphatic carbocycles. The molecular weight excluding hydrogens is 236 g/mol. The van der Waals surface area contributed by atoms with Crippen LogP contribution in [0.1, 0.15) is 33.6 Å². The van der Waals surface area contributed by atoms with Crippen molar-refractivity contribution >= 4 is 28.2 Å². The van der Waals surface area contributed by atoms with Crippen LogP contribution in [0.15, 0.2) is 0 Å². The van der Waals surface area contributed by atoms with Crippen molar-refractivity contribution in [2.75, 3.05) is 0 Å². The van der Waals surface area contributed by atoms with Crippen LogP contribution in [0.4, 0.5) is 0 Å². The van der Waals surface area contributed by atoms with Gasteiger partial charge in [0.25, 0.3) is 0 Å². The van der Waals surface area contributed by atoms with Gasteiger partial charge in [0, 0.05) is 11.2 Å². The second-order valence-corrected chi connectivity index (χ2v) is 5.09. The van der Waals surface area contributed by atoms with Crippen LogP contribution < -0.4 is 0 Å². The van der Waals surface area contributed by atoms with Gasteiger partial charge in [0.05, 0.1) is 6.42 Å². The van der Waals surface area contributed by atoms with Gasteiger partial charge in [-0.3, -0.25) is 4.79 Å². The molecule has 0 aromatic carbocycles. The largest absolute Gasteiger partial charge is 0.460 e. The van der Waals surface area contributed by atoms with Crippen LogP contribution in [0.5, 0.6) is 0 Å². The maximum atomic E-state index is 11.2. The fourth-order valence-electron chi connectivity index (χ4n) is 0.752. The molecule has 0 aliphatic rings. The Morgan fingerprint density at radius 2 is 2.08 bits per heavy atom. The third-order valence-electron chi connectivity index (χ3n) is 1.16. The summed E-state index contributed by atoms with van der Waals surface area (Å²) in [7, 11) is 0. The van der Waals surface area contributed by atoms with Gasteiger partial charge in [-0.1, -0.05) is 15.9 Å². The summed E-state index contributed by atoms with van der Waals surface area (Å²) >= 11 is 3.21. The van der Waals surface area contributed by atoms with Crippen LogP contribution in [0.25, 0.3) is 0 Å². The minimum atomic E-state index is -0.453. The highest BCUT2D eigenvalue weighted by Crippen LogP contribution is 2.13. The Morgan fingerprint density at radius 3 is 2.46 bits per heavy atom. The van der Waals surface area contributed by atoms with Crippen LogP contribution in [-0.2, 0) is 14.3 Å². The molecule has 76 valence electrons. The van der Waals surface area contributed by atoms with Gasteiger partial charge in [-0.25, -0.2) is 0 Å². The molecule has 0 rings (SSSR count). The van der Waals surface area contributed by atoms with E-state index in [1.54, 1.807) is 0 Å². The summed E-state index contributed by atoms with van der Waals surface area (Å²) in [4.78, 5) is 21.2. The summed E-state index contributed by atoms with van der Waals surface area (Å²) in [5.41, 5.74) is -0.453. The maximum absolute atomic E-state index is 11.2. The molecule has 3 nitrogen and oxygen atoms in total. The lowest BCUT2D eigenvalue weighted by Gasteiger charge is -2.20. The van der Waals surface area contributed by atoms with E-state index in [0.717, 1.165) is 6.29 Å². The number of esters is 1. The van der Waals surface area contributed by atoms with Crippen molar-refractivity contribution in [3.05, 3.63) is 0 Å². The van der Waals surface area contributed by atoms with Crippen molar-refractivity contribution in [1.29, 1.82) is 0 Å². The number of halogens is 1. The lowest BCUT2D eigenvalue weighted by molar-refractivity contribution is -0.154. The molecule has 0 amide bonds. The van der Waals surface area contributed by atoms with Crippen molar-refractivity contribution in [3.63, 3.8) is 0 Å². The number of carbonyl (C=O) groups excluding carboxylic acids is 2. The second-order valence-electron chi connectivity index (χ2n) is 3.79. The zero-order chi connectivity index (χ0) is 10.5. The van der Waals surface area contributed by atoms with Gasteiger partial charge in [0.1, 0.15) is 11.9 Å². The summed E-state index contributed by atoms with van der Waals surface area (Å²) < 4.78 is 5.07. The SMILES string of the molecule is CC(C)(C)OC(=O)CC(Br)CC=O. The number of carbonyl (C=O) groups is 2. The first-order valence-electron chi connectivity index (χ1n) is 4.14. The van der Waals surface area contributed by atoms with E-state index in [1.807, 2.05) is 20.8 Å². The van der Waals surface area contributed by atoms with Gasteiger partial charge in [-0.05, 0) is 20.8 Å². The highest BCUT2D eigenvalue weighted by Gasteiger charge is 2.18. The number of rotatable bonds is 4. The molecule has 0 saturated heterocycles. The van der Waals surface area contributed by atoms with Crippen LogP contribution in [-0.4, -0.2) is 22.7 Å². The Morgan fingerprint density at radius 1 is 1.54 bits per heavy atom. The Hall–Kier alpha value is -0.380. The van der Waals surface area contributed by atoms with Crippen LogP contribution in [0.2, 0.25) is 0 Å². The molecule has 0 spiro atoms. The van der Waals surface area contributed by atoms with Crippen molar-refractivity contribution in [1.82, 2.24) is 0 Å². The van der Waals surface area contributed by atoms with Crippen LogP contribution in [0, 0.1) is 0 Å². The molecule has 0 fully saturated rings. The van der Waals surface area contributed by atoms with Crippen molar-refractivity contribution in [2.45, 2.75) is 44.0 Å². The van der Waals surface area contributed by atoms with Crippen LogP contribution >= 0.6 is 15.9 Å². The predicted octanol–water partition coefficient (Wildman–Crippen LogP) is 2.07. The van der Waals surface area contributed by atoms with Crippen molar-refractivity contribution in [2.24, 2.45) is 0 Å². The first kappa shape index (κ1) is 12.6. The second kappa shape index (κ2) is 5.37. The van der Waals surface area contributed by atoms with Crippen molar-refractivity contribution in [3.8, 4) is 0 Å². The van der Waals surface area contributed by atoms with E-state index in [4.69, 9.17) is 4.74 Å². The Balaban J connectivity index is 3.81. The molecule has 4 heteroatoms. The number of hydrogen-bond donors (Lipinski definition) is 0. The molecular formula is C9H15BrO3. The third-order valence-corrected chi connectivity index (χ3v) is 1.86. The molecule has 0 saturated carbocycles. The average Bonchev–Trinajstić information content (AvgIpc) is 1.81. The smallest absolute Gasteiger partial charge is 0.307 e. The fraction of sp³-hybridized carbons (Fsp3) is 0.778. The van der Waals surface area contributed by atoms with Crippen LogP contribution in [0.3, 0.4) is 0 Å². The van der Waals surface area contributed by atoms with E-state index in [2.05, 4.69) is 15.9 Å². The molecule has 1 unspecified atom stereocenters. The van der Waals surface area contributed by atoms with Gasteiger partial charge in [0.15, 0.2) is 0 Å². The van der Waals surface area contributed by atoms with E-state index in [1.165, 1.54) is 0 Å². The molecule has 0 radical (unpaired) electrons. The van der Waals surface area contributed by atoms with E-state index in [-0.39, 0.29) is 17.2 Å². The monoisotopic (exact) mass is 250 g/mol. The molecule has 0 aromatic rings. The molecule has 0 aliphatic heterocycles. The number of ether oxygens (including phenoxy) is 1. The summed E-state index contributed by atoms with van der Waals surface area (Å²) in [5.74, 6) is -0.281. The highest BCUT2D eigenvalue weighted by molar-refractivity contribution is 9.09. The zero-order valence-corrected chi connectivity index (χ0v) is 9.76. The van der Waals surface area contributed by atoms with E-state index in [9.17, 15) is 9.59 Å². The number of hydrogen-bond acceptors (Lipinski definition) is 3. The Labute approximate surface area is 87.0 Å². The molecule has 0 heterocycles. The minimum Gasteiger partial charge on any atom is -0.460 e. The van der Waals surface area contributed by atoms with E-state index in [0.29, 0.717) is 6.42 Å². The lowest BCUT2D eigenvalue weighted by Crippen LogP contribution is -2.25. The molecule has 0 aromatic heterocycles.